The van der Waals surface area contributed by atoms with Crippen molar-refractivity contribution in [3.8, 4) is 5.75 Å². The molecule has 5 heteroatoms. The zero-order valence-electron chi connectivity index (χ0n) is 13.5. The molecule has 1 aliphatic rings. The Labute approximate surface area is 140 Å². The predicted octanol–water partition coefficient (Wildman–Crippen LogP) is 2.65. The molecule has 5 nitrogen and oxygen atoms in total. The van der Waals surface area contributed by atoms with Crippen molar-refractivity contribution < 1.29 is 9.53 Å². The van der Waals surface area contributed by atoms with E-state index in [4.69, 9.17) is 4.74 Å². The average molecular weight is 321 g/mol. The van der Waals surface area contributed by atoms with E-state index in [-0.39, 0.29) is 5.91 Å². The highest BCUT2D eigenvalue weighted by Crippen LogP contribution is 2.28. The van der Waals surface area contributed by atoms with Gasteiger partial charge in [0.1, 0.15) is 5.75 Å². The Hall–Kier alpha value is -2.82. The SMILES string of the molecule is Cc1ccc2c(c1)CCC(C(=O)NCc1cnn3ccccc13)O2. The van der Waals surface area contributed by atoms with Gasteiger partial charge in [0.2, 0.25) is 0 Å². The molecule has 0 fully saturated rings. The maximum atomic E-state index is 12.4. The minimum atomic E-state index is -0.429. The number of benzene rings is 1. The molecule has 3 heterocycles. The smallest absolute Gasteiger partial charge is 0.261 e. The molecule has 1 N–H and O–H groups in total. The molecule has 0 radical (unpaired) electrons. The van der Waals surface area contributed by atoms with Gasteiger partial charge in [0.25, 0.3) is 5.91 Å². The number of hydrogen-bond acceptors (Lipinski definition) is 3. The molecule has 0 spiro atoms. The van der Waals surface area contributed by atoms with Crippen LogP contribution < -0.4 is 10.1 Å². The Bertz CT molecular complexity index is 901. The maximum absolute atomic E-state index is 12.4. The van der Waals surface area contributed by atoms with E-state index in [1.54, 1.807) is 10.7 Å². The zero-order valence-corrected chi connectivity index (χ0v) is 13.5. The first kappa shape index (κ1) is 14.8. The Morgan fingerprint density at radius 2 is 2.29 bits per heavy atom. The third kappa shape index (κ3) is 2.73. The van der Waals surface area contributed by atoms with Crippen LogP contribution >= 0.6 is 0 Å². The van der Waals surface area contributed by atoms with Crippen molar-refractivity contribution in [1.29, 1.82) is 0 Å². The number of carbonyl (C=O) groups excluding carboxylic acids is 1. The number of aromatic nitrogens is 2. The average Bonchev–Trinajstić information content (AvgIpc) is 3.02. The molecule has 1 unspecified atom stereocenters. The third-order valence-corrected chi connectivity index (χ3v) is 4.41. The number of fused-ring (bicyclic) bond motifs is 2. The van der Waals surface area contributed by atoms with E-state index in [9.17, 15) is 4.79 Å². The van der Waals surface area contributed by atoms with Gasteiger partial charge in [0.05, 0.1) is 11.7 Å². The molecule has 0 saturated heterocycles. The fraction of sp³-hybridized carbons (Fsp3) is 0.263. The first-order valence-electron chi connectivity index (χ1n) is 8.16. The predicted molar refractivity (Wildman–Crippen MR) is 91.0 cm³/mol. The summed E-state index contributed by atoms with van der Waals surface area (Å²) in [7, 11) is 0. The Kier molecular flexibility index (Phi) is 3.69. The van der Waals surface area contributed by atoms with E-state index >= 15 is 0 Å². The Morgan fingerprint density at radius 3 is 3.21 bits per heavy atom. The largest absolute Gasteiger partial charge is 0.480 e. The topological polar surface area (TPSA) is 55.6 Å². The molecule has 24 heavy (non-hydrogen) atoms. The molecule has 1 aliphatic heterocycles. The summed E-state index contributed by atoms with van der Waals surface area (Å²) < 4.78 is 7.68. The number of pyridine rings is 1. The highest BCUT2D eigenvalue weighted by molar-refractivity contribution is 5.81. The lowest BCUT2D eigenvalue weighted by Gasteiger charge is -2.25. The lowest BCUT2D eigenvalue weighted by atomic mass is 10.00. The molecule has 1 atom stereocenters. The van der Waals surface area contributed by atoms with Gasteiger partial charge in [-0.1, -0.05) is 23.8 Å². The molecular formula is C19H19N3O2. The Balaban J connectivity index is 1.43. The van der Waals surface area contributed by atoms with Crippen molar-refractivity contribution in [2.24, 2.45) is 0 Å². The van der Waals surface area contributed by atoms with Crippen molar-refractivity contribution in [2.45, 2.75) is 32.4 Å². The van der Waals surface area contributed by atoms with Crippen LogP contribution in [0.25, 0.3) is 5.52 Å². The number of amides is 1. The van der Waals surface area contributed by atoms with Crippen LogP contribution in [0.2, 0.25) is 0 Å². The van der Waals surface area contributed by atoms with Gasteiger partial charge in [-0.3, -0.25) is 4.79 Å². The maximum Gasteiger partial charge on any atom is 0.261 e. The summed E-state index contributed by atoms with van der Waals surface area (Å²) >= 11 is 0. The van der Waals surface area contributed by atoms with E-state index in [0.29, 0.717) is 13.0 Å². The summed E-state index contributed by atoms with van der Waals surface area (Å²) in [6.07, 6.45) is 4.82. The monoisotopic (exact) mass is 321 g/mol. The van der Waals surface area contributed by atoms with Gasteiger partial charge in [-0.25, -0.2) is 4.52 Å². The molecule has 2 aromatic heterocycles. The number of carbonyl (C=O) groups is 1. The van der Waals surface area contributed by atoms with Gasteiger partial charge >= 0.3 is 0 Å². The van der Waals surface area contributed by atoms with Crippen molar-refractivity contribution >= 4 is 11.4 Å². The third-order valence-electron chi connectivity index (χ3n) is 4.41. The van der Waals surface area contributed by atoms with Gasteiger partial charge in [-0.2, -0.15) is 5.10 Å². The fourth-order valence-corrected chi connectivity index (χ4v) is 3.12. The van der Waals surface area contributed by atoms with E-state index < -0.39 is 6.10 Å². The zero-order chi connectivity index (χ0) is 16.5. The van der Waals surface area contributed by atoms with Crippen molar-refractivity contribution in [3.05, 3.63) is 65.5 Å². The number of ether oxygens (including phenoxy) is 1. The molecule has 3 aromatic rings. The molecule has 1 amide bonds. The van der Waals surface area contributed by atoms with E-state index in [1.807, 2.05) is 36.5 Å². The lowest BCUT2D eigenvalue weighted by Crippen LogP contribution is -2.40. The van der Waals surface area contributed by atoms with Gasteiger partial charge in [0, 0.05) is 18.3 Å². The summed E-state index contributed by atoms with van der Waals surface area (Å²) in [6.45, 7) is 2.52. The van der Waals surface area contributed by atoms with Crippen LogP contribution in [-0.4, -0.2) is 21.6 Å². The molecule has 122 valence electrons. The summed E-state index contributed by atoms with van der Waals surface area (Å²) in [5, 5.41) is 7.25. The van der Waals surface area contributed by atoms with Crippen LogP contribution in [0.1, 0.15) is 23.1 Å². The van der Waals surface area contributed by atoms with Gasteiger partial charge in [-0.05, 0) is 43.5 Å². The minimum absolute atomic E-state index is 0.0727. The van der Waals surface area contributed by atoms with Crippen LogP contribution in [0, 0.1) is 6.92 Å². The van der Waals surface area contributed by atoms with Crippen molar-refractivity contribution in [3.63, 3.8) is 0 Å². The number of nitrogens with zero attached hydrogens (tertiary/aromatic N) is 2. The summed E-state index contributed by atoms with van der Waals surface area (Å²) in [4.78, 5) is 12.4. The van der Waals surface area contributed by atoms with Crippen molar-refractivity contribution in [2.75, 3.05) is 0 Å². The van der Waals surface area contributed by atoms with E-state index in [2.05, 4.69) is 23.4 Å². The van der Waals surface area contributed by atoms with Crippen LogP contribution in [0.4, 0.5) is 0 Å². The molecule has 0 bridgehead atoms. The first-order chi connectivity index (χ1) is 11.7. The molecular weight excluding hydrogens is 302 g/mol. The number of nitrogens with one attached hydrogen (secondary N) is 1. The summed E-state index contributed by atoms with van der Waals surface area (Å²) in [5.74, 6) is 0.750. The first-order valence-corrected chi connectivity index (χ1v) is 8.16. The number of hydrogen-bond donors (Lipinski definition) is 1. The van der Waals surface area contributed by atoms with Gasteiger partial charge < -0.3 is 10.1 Å². The second-order valence-electron chi connectivity index (χ2n) is 6.17. The quantitative estimate of drug-likeness (QED) is 0.807. The normalized spacial score (nSPS) is 16.5. The highest BCUT2D eigenvalue weighted by atomic mass is 16.5. The van der Waals surface area contributed by atoms with Crippen LogP contribution in [0.3, 0.4) is 0 Å². The van der Waals surface area contributed by atoms with Crippen molar-refractivity contribution in [1.82, 2.24) is 14.9 Å². The Morgan fingerprint density at radius 1 is 1.38 bits per heavy atom. The second-order valence-corrected chi connectivity index (χ2v) is 6.17. The second kappa shape index (κ2) is 6.00. The summed E-state index contributed by atoms with van der Waals surface area (Å²) in [5.41, 5.74) is 4.40. The molecule has 4 rings (SSSR count). The number of aryl methyl sites for hydroxylation is 2. The molecule has 0 saturated carbocycles. The van der Waals surface area contributed by atoms with Crippen LogP contribution in [0.5, 0.6) is 5.75 Å². The lowest BCUT2D eigenvalue weighted by molar-refractivity contribution is -0.128. The van der Waals surface area contributed by atoms with Crippen LogP contribution in [0.15, 0.2) is 48.8 Å². The molecule has 1 aromatic carbocycles. The highest BCUT2D eigenvalue weighted by Gasteiger charge is 2.26. The summed E-state index contributed by atoms with van der Waals surface area (Å²) in [6, 6.07) is 12.0. The van der Waals surface area contributed by atoms with Crippen LogP contribution in [-0.2, 0) is 17.8 Å². The van der Waals surface area contributed by atoms with Gasteiger partial charge in [0.15, 0.2) is 6.10 Å². The van der Waals surface area contributed by atoms with E-state index in [0.717, 1.165) is 23.3 Å². The van der Waals surface area contributed by atoms with Gasteiger partial charge in [-0.15, -0.1) is 0 Å². The fourth-order valence-electron chi connectivity index (χ4n) is 3.12. The minimum Gasteiger partial charge on any atom is -0.480 e. The van der Waals surface area contributed by atoms with E-state index in [1.165, 1.54) is 11.1 Å². The molecule has 0 aliphatic carbocycles. The number of rotatable bonds is 3. The standard InChI is InChI=1S/C19H19N3O2/c1-13-5-7-17-14(10-13)6-8-18(24-17)19(23)20-11-15-12-21-22-9-3-2-4-16(15)22/h2-5,7,9-10,12,18H,6,8,11H2,1H3,(H,20,23).